The van der Waals surface area contributed by atoms with E-state index in [1.807, 2.05) is 44.2 Å². The normalized spacial score (nSPS) is 19.7. The number of esters is 1. The summed E-state index contributed by atoms with van der Waals surface area (Å²) in [6.45, 7) is 5.60. The van der Waals surface area contributed by atoms with Crippen molar-refractivity contribution in [2.45, 2.75) is 32.8 Å². The molecule has 1 heterocycles. The molecule has 4 nitrogen and oxygen atoms in total. The maximum Gasteiger partial charge on any atom is 0.339 e. The first kappa shape index (κ1) is 15.3. The fourth-order valence-corrected chi connectivity index (χ4v) is 2.80. The number of aryl methyl sites for hydroxylation is 1. The van der Waals surface area contributed by atoms with E-state index in [9.17, 15) is 9.59 Å². The summed E-state index contributed by atoms with van der Waals surface area (Å²) >= 11 is 0. The summed E-state index contributed by atoms with van der Waals surface area (Å²) in [5.74, 6) is -0.764. The van der Waals surface area contributed by atoms with E-state index in [-0.39, 0.29) is 5.91 Å². The van der Waals surface area contributed by atoms with Gasteiger partial charge in [-0.1, -0.05) is 30.3 Å². The van der Waals surface area contributed by atoms with E-state index in [2.05, 4.69) is 5.32 Å². The van der Waals surface area contributed by atoms with E-state index in [0.29, 0.717) is 12.0 Å². The minimum absolute atomic E-state index is 0.311. The number of benzene rings is 2. The molecule has 2 aromatic carbocycles. The molecule has 1 N–H and O–H groups in total. The predicted molar refractivity (Wildman–Crippen MR) is 88.5 cm³/mol. The molecular weight excluding hydrogens is 290 g/mol. The van der Waals surface area contributed by atoms with Crippen LogP contribution in [0.3, 0.4) is 0 Å². The monoisotopic (exact) mass is 309 g/mol. The van der Waals surface area contributed by atoms with Crippen LogP contribution >= 0.6 is 0 Å². The Hall–Kier alpha value is -2.62. The third kappa shape index (κ3) is 2.72. The minimum atomic E-state index is -1.21. The van der Waals surface area contributed by atoms with Crippen LogP contribution in [-0.2, 0) is 16.0 Å². The number of cyclic esters (lactones) is 1. The molecule has 0 radical (unpaired) electrons. The van der Waals surface area contributed by atoms with Crippen LogP contribution in [0, 0.1) is 13.8 Å². The van der Waals surface area contributed by atoms with E-state index >= 15 is 0 Å². The zero-order valence-electron chi connectivity index (χ0n) is 13.5. The van der Waals surface area contributed by atoms with Gasteiger partial charge in [0.05, 0.1) is 5.56 Å². The lowest BCUT2D eigenvalue weighted by molar-refractivity contribution is -0.134. The number of anilines is 1. The topological polar surface area (TPSA) is 55.4 Å². The maximum atomic E-state index is 12.7. The maximum absolute atomic E-state index is 12.7. The van der Waals surface area contributed by atoms with Crippen molar-refractivity contribution in [2.75, 3.05) is 5.32 Å². The van der Waals surface area contributed by atoms with Crippen LogP contribution in [0.25, 0.3) is 0 Å². The smallest absolute Gasteiger partial charge is 0.339 e. The summed E-state index contributed by atoms with van der Waals surface area (Å²) in [5.41, 5.74) is 3.01. The molecule has 0 spiro atoms. The van der Waals surface area contributed by atoms with Crippen molar-refractivity contribution in [3.63, 3.8) is 0 Å². The molecule has 0 bridgehead atoms. The summed E-state index contributed by atoms with van der Waals surface area (Å²) < 4.78 is 5.45. The number of rotatable bonds is 2. The highest BCUT2D eigenvalue weighted by atomic mass is 16.6. The summed E-state index contributed by atoms with van der Waals surface area (Å²) in [7, 11) is 0. The molecule has 0 saturated heterocycles. The molecule has 0 unspecified atom stereocenters. The van der Waals surface area contributed by atoms with Gasteiger partial charge in [-0.25, -0.2) is 4.79 Å². The molecule has 3 rings (SSSR count). The Bertz CT molecular complexity index is 797. The molecule has 23 heavy (non-hydrogen) atoms. The van der Waals surface area contributed by atoms with Crippen molar-refractivity contribution in [1.29, 1.82) is 0 Å². The fourth-order valence-electron chi connectivity index (χ4n) is 2.80. The first-order valence-electron chi connectivity index (χ1n) is 7.59. The zero-order chi connectivity index (χ0) is 16.6. The lowest BCUT2D eigenvalue weighted by atomic mass is 9.89. The van der Waals surface area contributed by atoms with Crippen molar-refractivity contribution < 1.29 is 14.3 Å². The van der Waals surface area contributed by atoms with Crippen LogP contribution in [0.4, 0.5) is 5.69 Å². The van der Waals surface area contributed by atoms with Gasteiger partial charge in [0.2, 0.25) is 0 Å². The molecule has 2 aromatic rings. The third-order valence-electron chi connectivity index (χ3n) is 4.42. The Morgan fingerprint density at radius 1 is 1.13 bits per heavy atom. The molecule has 0 fully saturated rings. The number of fused-ring (bicyclic) bond motifs is 1. The molecule has 4 heteroatoms. The lowest BCUT2D eigenvalue weighted by Gasteiger charge is -2.33. The van der Waals surface area contributed by atoms with E-state index < -0.39 is 11.6 Å². The molecule has 118 valence electrons. The van der Waals surface area contributed by atoms with Crippen LogP contribution in [-0.4, -0.2) is 17.5 Å². The van der Waals surface area contributed by atoms with Crippen LogP contribution in [0.2, 0.25) is 0 Å². The first-order valence-corrected chi connectivity index (χ1v) is 7.59. The van der Waals surface area contributed by atoms with Gasteiger partial charge in [-0.05, 0) is 49.6 Å². The summed E-state index contributed by atoms with van der Waals surface area (Å²) in [5, 5.41) is 2.90. The third-order valence-corrected chi connectivity index (χ3v) is 4.42. The molecule has 0 aliphatic carbocycles. The fraction of sp³-hybridized carbons (Fsp3) is 0.263. The molecule has 1 atom stereocenters. The Morgan fingerprint density at radius 3 is 2.65 bits per heavy atom. The number of carbonyl (C=O) groups excluding carboxylic acids is 2. The second-order valence-electron chi connectivity index (χ2n) is 6.16. The molecule has 0 saturated carbocycles. The van der Waals surface area contributed by atoms with E-state index in [4.69, 9.17) is 4.74 Å². The van der Waals surface area contributed by atoms with Gasteiger partial charge in [-0.2, -0.15) is 0 Å². The van der Waals surface area contributed by atoms with Gasteiger partial charge < -0.3 is 10.1 Å². The van der Waals surface area contributed by atoms with Crippen LogP contribution in [0.5, 0.6) is 0 Å². The summed E-state index contributed by atoms with van der Waals surface area (Å²) in [4.78, 5) is 24.9. The number of carbonyl (C=O) groups is 2. The van der Waals surface area contributed by atoms with E-state index in [0.717, 1.165) is 22.4 Å². The number of nitrogens with one attached hydrogen (secondary N) is 1. The van der Waals surface area contributed by atoms with Gasteiger partial charge in [0.1, 0.15) is 0 Å². The Balaban J connectivity index is 1.88. The lowest BCUT2D eigenvalue weighted by Crippen LogP contribution is -2.49. The Morgan fingerprint density at radius 2 is 1.87 bits per heavy atom. The van der Waals surface area contributed by atoms with Gasteiger partial charge in [0, 0.05) is 12.1 Å². The molecule has 0 aromatic heterocycles. The largest absolute Gasteiger partial charge is 0.445 e. The Labute approximate surface area is 135 Å². The van der Waals surface area contributed by atoms with Crippen molar-refractivity contribution >= 4 is 17.6 Å². The van der Waals surface area contributed by atoms with Crippen molar-refractivity contribution in [3.05, 3.63) is 64.7 Å². The molecule has 1 amide bonds. The van der Waals surface area contributed by atoms with Gasteiger partial charge >= 0.3 is 5.97 Å². The van der Waals surface area contributed by atoms with E-state index in [1.165, 1.54) is 0 Å². The van der Waals surface area contributed by atoms with Crippen molar-refractivity contribution in [3.8, 4) is 0 Å². The van der Waals surface area contributed by atoms with Gasteiger partial charge in [-0.3, -0.25) is 4.79 Å². The van der Waals surface area contributed by atoms with Gasteiger partial charge in [-0.15, -0.1) is 0 Å². The number of ether oxygens (including phenoxy) is 1. The molecule has 1 aliphatic heterocycles. The molecular formula is C19H19NO3. The number of hydrogen-bond acceptors (Lipinski definition) is 3. The zero-order valence-corrected chi connectivity index (χ0v) is 13.5. The quantitative estimate of drug-likeness (QED) is 0.865. The summed E-state index contributed by atoms with van der Waals surface area (Å²) in [6, 6.07) is 13.0. The van der Waals surface area contributed by atoms with Gasteiger partial charge in [0.25, 0.3) is 5.91 Å². The number of amides is 1. The highest BCUT2D eigenvalue weighted by Gasteiger charge is 2.42. The van der Waals surface area contributed by atoms with Crippen LogP contribution in [0.15, 0.2) is 42.5 Å². The standard InChI is InChI=1S/C19H19NO3/c1-12-7-6-10-16(13(12)2)20-18(22)19(3)11-14-8-4-5-9-15(14)17(21)23-19/h4-10H,11H2,1-3H3,(H,20,22)/t19-/m1/s1. The van der Waals surface area contributed by atoms with Crippen LogP contribution in [0.1, 0.15) is 34.0 Å². The van der Waals surface area contributed by atoms with Crippen molar-refractivity contribution in [1.82, 2.24) is 0 Å². The average Bonchev–Trinajstić information content (AvgIpc) is 2.51. The average molecular weight is 309 g/mol. The second kappa shape index (κ2) is 5.54. The predicted octanol–water partition coefficient (Wildman–Crippen LogP) is 3.41. The minimum Gasteiger partial charge on any atom is -0.445 e. The van der Waals surface area contributed by atoms with Crippen LogP contribution < -0.4 is 5.32 Å². The molecule has 1 aliphatic rings. The number of hydrogen-bond donors (Lipinski definition) is 1. The van der Waals surface area contributed by atoms with E-state index in [1.54, 1.807) is 19.1 Å². The van der Waals surface area contributed by atoms with Gasteiger partial charge in [0.15, 0.2) is 5.60 Å². The first-order chi connectivity index (χ1) is 10.9. The highest BCUT2D eigenvalue weighted by Crippen LogP contribution is 2.30. The SMILES string of the molecule is Cc1cccc(NC(=O)[C@@]2(C)Cc3ccccc3C(=O)O2)c1C. The van der Waals surface area contributed by atoms with Crippen molar-refractivity contribution in [2.24, 2.45) is 0 Å². The summed E-state index contributed by atoms with van der Waals surface area (Å²) in [6.07, 6.45) is 0.367. The second-order valence-corrected chi connectivity index (χ2v) is 6.16. The Kier molecular flexibility index (Phi) is 3.68. The highest BCUT2D eigenvalue weighted by molar-refractivity contribution is 6.02.